The third-order valence-electron chi connectivity index (χ3n) is 2.26. The predicted octanol–water partition coefficient (Wildman–Crippen LogP) is 1.30. The van der Waals surface area contributed by atoms with Crippen molar-refractivity contribution in [1.29, 1.82) is 0 Å². The number of hydrogen-bond donors (Lipinski definition) is 2. The van der Waals surface area contributed by atoms with Crippen molar-refractivity contribution in [2.75, 3.05) is 12.4 Å². The average Bonchev–Trinajstić information content (AvgIpc) is 2.25. The molecule has 5 heteroatoms. The minimum Gasteiger partial charge on any atom is -0.394 e. The Labute approximate surface area is 103 Å². The lowest BCUT2D eigenvalue weighted by Crippen LogP contribution is -2.34. The number of hydrogen-bond acceptors (Lipinski definition) is 3. The van der Waals surface area contributed by atoms with Crippen molar-refractivity contribution in [1.82, 2.24) is 4.72 Å². The van der Waals surface area contributed by atoms with Gasteiger partial charge in [0.15, 0.2) is 0 Å². The van der Waals surface area contributed by atoms with Crippen LogP contribution in [-0.2, 0) is 10.0 Å². The molecule has 0 aromatic heterocycles. The quantitative estimate of drug-likeness (QED) is 0.807. The maximum Gasteiger partial charge on any atom is 0.212 e. The van der Waals surface area contributed by atoms with Crippen LogP contribution >= 0.6 is 0 Å². The fourth-order valence-electron chi connectivity index (χ4n) is 1.60. The molecule has 1 aromatic carbocycles. The normalized spacial score (nSPS) is 13.9. The van der Waals surface area contributed by atoms with E-state index >= 15 is 0 Å². The minimum atomic E-state index is -3.35. The molecule has 0 saturated heterocycles. The third-order valence-corrected chi connectivity index (χ3v) is 4.01. The topological polar surface area (TPSA) is 66.4 Å². The molecule has 0 aliphatic carbocycles. The van der Waals surface area contributed by atoms with Gasteiger partial charge in [0.2, 0.25) is 10.0 Å². The summed E-state index contributed by atoms with van der Waals surface area (Å²) in [6.07, 6.45) is 0. The van der Waals surface area contributed by atoms with E-state index in [0.29, 0.717) is 0 Å². The van der Waals surface area contributed by atoms with Gasteiger partial charge in [-0.25, -0.2) is 13.1 Å². The fraction of sp³-hybridized carbons (Fsp3) is 0.500. The minimum absolute atomic E-state index is 0.0580. The van der Waals surface area contributed by atoms with Crippen LogP contribution in [0, 0.1) is 5.92 Å². The zero-order valence-electron chi connectivity index (χ0n) is 10.1. The summed E-state index contributed by atoms with van der Waals surface area (Å²) >= 11 is 0. The number of sulfonamides is 1. The highest BCUT2D eigenvalue weighted by molar-refractivity contribution is 7.89. The summed E-state index contributed by atoms with van der Waals surface area (Å²) < 4.78 is 26.0. The second-order valence-corrected chi connectivity index (χ2v) is 6.24. The maximum atomic E-state index is 11.8. The molecule has 1 rings (SSSR count). The summed E-state index contributed by atoms with van der Waals surface area (Å²) in [5.74, 6) is 0.124. The molecule has 2 N–H and O–H groups in total. The molecule has 0 fully saturated rings. The number of aliphatic hydroxyl groups is 1. The summed E-state index contributed by atoms with van der Waals surface area (Å²) in [7, 11) is -3.35. The molecule has 0 aliphatic rings. The molecule has 4 nitrogen and oxygen atoms in total. The Morgan fingerprint density at radius 1 is 1.24 bits per heavy atom. The van der Waals surface area contributed by atoms with Crippen LogP contribution in [0.4, 0.5) is 0 Å². The first-order valence-electron chi connectivity index (χ1n) is 5.60. The Morgan fingerprint density at radius 2 is 1.82 bits per heavy atom. The van der Waals surface area contributed by atoms with Gasteiger partial charge in [-0.05, 0) is 11.5 Å². The van der Waals surface area contributed by atoms with Crippen molar-refractivity contribution >= 4 is 10.0 Å². The van der Waals surface area contributed by atoms with Crippen LogP contribution in [0.3, 0.4) is 0 Å². The average molecular weight is 257 g/mol. The number of rotatable bonds is 6. The second kappa shape index (κ2) is 6.14. The van der Waals surface area contributed by atoms with Crippen LogP contribution in [0.5, 0.6) is 0 Å². The molecule has 0 spiro atoms. The first-order chi connectivity index (χ1) is 7.94. The molecule has 0 unspecified atom stereocenters. The zero-order valence-corrected chi connectivity index (χ0v) is 10.9. The molecule has 0 bridgehead atoms. The van der Waals surface area contributed by atoms with Crippen LogP contribution in [0.1, 0.15) is 25.5 Å². The van der Waals surface area contributed by atoms with Crippen LogP contribution in [-0.4, -0.2) is 25.9 Å². The zero-order chi connectivity index (χ0) is 12.9. The molecular formula is C12H19NO3S. The summed E-state index contributed by atoms with van der Waals surface area (Å²) in [5, 5.41) is 9.25. The molecule has 0 radical (unpaired) electrons. The first-order valence-corrected chi connectivity index (χ1v) is 7.25. The highest BCUT2D eigenvalue weighted by atomic mass is 32.2. The van der Waals surface area contributed by atoms with E-state index in [1.165, 1.54) is 0 Å². The lowest BCUT2D eigenvalue weighted by molar-refractivity contribution is 0.258. The van der Waals surface area contributed by atoms with Gasteiger partial charge >= 0.3 is 0 Å². The molecule has 1 aromatic rings. The second-order valence-electron chi connectivity index (χ2n) is 4.44. The van der Waals surface area contributed by atoms with Gasteiger partial charge in [0.05, 0.1) is 18.4 Å². The molecule has 0 heterocycles. The summed E-state index contributed by atoms with van der Waals surface area (Å²) in [6, 6.07) is 8.49. The number of aliphatic hydroxyl groups excluding tert-OH is 1. The SMILES string of the molecule is CC(C)CS(=O)(=O)N[C@H](CO)c1ccccc1. The lowest BCUT2D eigenvalue weighted by Gasteiger charge is -2.17. The number of nitrogens with one attached hydrogen (secondary N) is 1. The van der Waals surface area contributed by atoms with Gasteiger partial charge < -0.3 is 5.11 Å². The van der Waals surface area contributed by atoms with Gasteiger partial charge in [0, 0.05) is 0 Å². The Morgan fingerprint density at radius 3 is 2.29 bits per heavy atom. The van der Waals surface area contributed by atoms with Gasteiger partial charge in [-0.1, -0.05) is 44.2 Å². The van der Waals surface area contributed by atoms with E-state index < -0.39 is 16.1 Å². The van der Waals surface area contributed by atoms with Crippen molar-refractivity contribution in [2.45, 2.75) is 19.9 Å². The first kappa shape index (κ1) is 14.2. The van der Waals surface area contributed by atoms with Crippen molar-refractivity contribution in [3.05, 3.63) is 35.9 Å². The molecule has 1 atom stereocenters. The van der Waals surface area contributed by atoms with E-state index in [2.05, 4.69) is 4.72 Å². The molecule has 0 aliphatic heterocycles. The van der Waals surface area contributed by atoms with Gasteiger partial charge in [-0.15, -0.1) is 0 Å². The van der Waals surface area contributed by atoms with E-state index in [-0.39, 0.29) is 18.3 Å². The summed E-state index contributed by atoms with van der Waals surface area (Å²) in [4.78, 5) is 0. The van der Waals surface area contributed by atoms with Gasteiger partial charge in [-0.3, -0.25) is 0 Å². The summed E-state index contributed by atoms with van der Waals surface area (Å²) in [6.45, 7) is 3.44. The Hall–Kier alpha value is -0.910. The number of benzene rings is 1. The fourth-order valence-corrected chi connectivity index (χ4v) is 3.22. The molecule has 0 amide bonds. The van der Waals surface area contributed by atoms with Crippen LogP contribution in [0.15, 0.2) is 30.3 Å². The highest BCUT2D eigenvalue weighted by Gasteiger charge is 2.19. The van der Waals surface area contributed by atoms with E-state index in [4.69, 9.17) is 0 Å². The van der Waals surface area contributed by atoms with Crippen LogP contribution < -0.4 is 4.72 Å². The van der Waals surface area contributed by atoms with E-state index in [1.807, 2.05) is 32.0 Å². The summed E-state index contributed by atoms with van der Waals surface area (Å²) in [5.41, 5.74) is 0.766. The van der Waals surface area contributed by atoms with Gasteiger partial charge in [0.25, 0.3) is 0 Å². The maximum absolute atomic E-state index is 11.8. The predicted molar refractivity (Wildman–Crippen MR) is 68.0 cm³/mol. The Bertz CT molecular complexity index is 428. The molecule has 17 heavy (non-hydrogen) atoms. The molecular weight excluding hydrogens is 238 g/mol. The van der Waals surface area contributed by atoms with Crippen molar-refractivity contribution in [3.63, 3.8) is 0 Å². The van der Waals surface area contributed by atoms with Crippen molar-refractivity contribution in [3.8, 4) is 0 Å². The highest BCUT2D eigenvalue weighted by Crippen LogP contribution is 2.13. The van der Waals surface area contributed by atoms with E-state index in [9.17, 15) is 13.5 Å². The monoisotopic (exact) mass is 257 g/mol. The standard InChI is InChI=1S/C12H19NO3S/c1-10(2)9-17(15,16)13-12(8-14)11-6-4-3-5-7-11/h3-7,10,12-14H,8-9H2,1-2H3/t12-/m1/s1. The van der Waals surface area contributed by atoms with Crippen LogP contribution in [0.25, 0.3) is 0 Å². The van der Waals surface area contributed by atoms with Gasteiger partial charge in [-0.2, -0.15) is 0 Å². The van der Waals surface area contributed by atoms with Gasteiger partial charge in [0.1, 0.15) is 0 Å². The Balaban J connectivity index is 2.78. The largest absolute Gasteiger partial charge is 0.394 e. The van der Waals surface area contributed by atoms with E-state index in [1.54, 1.807) is 12.1 Å². The third kappa shape index (κ3) is 4.85. The van der Waals surface area contributed by atoms with Crippen LogP contribution in [0.2, 0.25) is 0 Å². The lowest BCUT2D eigenvalue weighted by atomic mass is 10.1. The van der Waals surface area contributed by atoms with E-state index in [0.717, 1.165) is 5.56 Å². The molecule has 96 valence electrons. The Kier molecular flexibility index (Phi) is 5.11. The van der Waals surface area contributed by atoms with Crippen molar-refractivity contribution in [2.24, 2.45) is 5.92 Å². The molecule has 0 saturated carbocycles. The van der Waals surface area contributed by atoms with Crippen molar-refractivity contribution < 1.29 is 13.5 Å². The smallest absolute Gasteiger partial charge is 0.212 e.